The van der Waals surface area contributed by atoms with Gasteiger partial charge in [-0.1, -0.05) is 6.92 Å². The SMILES string of the molecule is CCNCCN1CCCC1.COc1ccc(F)cc1. The van der Waals surface area contributed by atoms with Crippen LogP contribution in [0.5, 0.6) is 5.75 Å². The molecule has 0 spiro atoms. The van der Waals surface area contributed by atoms with E-state index in [2.05, 4.69) is 17.1 Å². The standard InChI is InChI=1S/C8H18N2.C7H7FO/c1-2-9-5-8-10-6-3-4-7-10;1-9-7-4-2-6(8)3-5-7/h9H,2-8H2,1H3;2-5H,1H3. The van der Waals surface area contributed by atoms with Crippen molar-refractivity contribution in [2.24, 2.45) is 0 Å². The van der Waals surface area contributed by atoms with E-state index >= 15 is 0 Å². The molecule has 1 aliphatic rings. The molecule has 1 N–H and O–H groups in total. The number of hydrogen-bond donors (Lipinski definition) is 1. The zero-order chi connectivity index (χ0) is 13.9. The van der Waals surface area contributed by atoms with Gasteiger partial charge in [0.2, 0.25) is 0 Å². The Morgan fingerprint density at radius 3 is 2.37 bits per heavy atom. The highest BCUT2D eigenvalue weighted by Gasteiger charge is 2.09. The number of ether oxygens (including phenoxy) is 1. The molecule has 1 aromatic carbocycles. The van der Waals surface area contributed by atoms with Crippen LogP contribution in [0.25, 0.3) is 0 Å². The van der Waals surface area contributed by atoms with Gasteiger partial charge in [-0.05, 0) is 56.7 Å². The fraction of sp³-hybridized carbons (Fsp3) is 0.600. The van der Waals surface area contributed by atoms with Crippen molar-refractivity contribution in [1.29, 1.82) is 0 Å². The molecule has 0 saturated carbocycles. The Morgan fingerprint density at radius 1 is 1.21 bits per heavy atom. The number of likely N-dealkylation sites (N-methyl/N-ethyl adjacent to an activating group) is 1. The molecule has 108 valence electrons. The molecule has 0 atom stereocenters. The van der Waals surface area contributed by atoms with Crippen molar-refractivity contribution >= 4 is 0 Å². The van der Waals surface area contributed by atoms with E-state index in [4.69, 9.17) is 4.74 Å². The van der Waals surface area contributed by atoms with E-state index in [1.165, 1.54) is 44.6 Å². The van der Waals surface area contributed by atoms with Gasteiger partial charge in [0.05, 0.1) is 7.11 Å². The predicted molar refractivity (Wildman–Crippen MR) is 77.2 cm³/mol. The van der Waals surface area contributed by atoms with Crippen LogP contribution >= 0.6 is 0 Å². The third kappa shape index (κ3) is 7.13. The molecular weight excluding hydrogens is 243 g/mol. The fourth-order valence-corrected chi connectivity index (χ4v) is 1.99. The van der Waals surface area contributed by atoms with Crippen LogP contribution < -0.4 is 10.1 Å². The Hall–Kier alpha value is -1.13. The zero-order valence-corrected chi connectivity index (χ0v) is 12.0. The average Bonchev–Trinajstić information content (AvgIpc) is 2.94. The maximum atomic E-state index is 12.2. The highest BCUT2D eigenvalue weighted by Crippen LogP contribution is 2.09. The lowest BCUT2D eigenvalue weighted by atomic mass is 10.3. The molecule has 1 heterocycles. The molecule has 19 heavy (non-hydrogen) atoms. The van der Waals surface area contributed by atoms with E-state index < -0.39 is 0 Å². The second-order valence-corrected chi connectivity index (χ2v) is 4.56. The molecule has 0 radical (unpaired) electrons. The Kier molecular flexibility index (Phi) is 8.18. The van der Waals surface area contributed by atoms with Gasteiger partial charge < -0.3 is 15.0 Å². The average molecular weight is 268 g/mol. The van der Waals surface area contributed by atoms with Crippen LogP contribution in [0.15, 0.2) is 24.3 Å². The van der Waals surface area contributed by atoms with E-state index in [1.807, 2.05) is 0 Å². The minimum absolute atomic E-state index is 0.240. The van der Waals surface area contributed by atoms with Crippen LogP contribution in [0.2, 0.25) is 0 Å². The lowest BCUT2D eigenvalue weighted by Crippen LogP contribution is -2.29. The number of likely N-dealkylation sites (tertiary alicyclic amines) is 1. The van der Waals surface area contributed by atoms with Gasteiger partial charge in [-0.2, -0.15) is 0 Å². The minimum atomic E-state index is -0.240. The third-order valence-corrected chi connectivity index (χ3v) is 3.10. The van der Waals surface area contributed by atoms with Crippen molar-refractivity contribution in [3.63, 3.8) is 0 Å². The smallest absolute Gasteiger partial charge is 0.123 e. The molecule has 0 aromatic heterocycles. The minimum Gasteiger partial charge on any atom is -0.497 e. The maximum absolute atomic E-state index is 12.2. The summed E-state index contributed by atoms with van der Waals surface area (Å²) in [6.07, 6.45) is 2.82. The van der Waals surface area contributed by atoms with E-state index in [0.717, 1.165) is 13.1 Å². The van der Waals surface area contributed by atoms with Gasteiger partial charge in [0.1, 0.15) is 11.6 Å². The molecule has 1 fully saturated rings. The van der Waals surface area contributed by atoms with Crippen LogP contribution in [0, 0.1) is 5.82 Å². The number of benzene rings is 1. The highest BCUT2D eigenvalue weighted by molar-refractivity contribution is 5.21. The van der Waals surface area contributed by atoms with Crippen molar-refractivity contribution in [3.8, 4) is 5.75 Å². The monoisotopic (exact) mass is 268 g/mol. The van der Waals surface area contributed by atoms with Gasteiger partial charge in [0.25, 0.3) is 0 Å². The Balaban J connectivity index is 0.000000191. The molecule has 1 saturated heterocycles. The summed E-state index contributed by atoms with van der Waals surface area (Å²) in [4.78, 5) is 2.53. The summed E-state index contributed by atoms with van der Waals surface area (Å²) in [5.74, 6) is 0.437. The Morgan fingerprint density at radius 2 is 1.84 bits per heavy atom. The summed E-state index contributed by atoms with van der Waals surface area (Å²) in [5.41, 5.74) is 0. The molecule has 0 amide bonds. The molecule has 1 aromatic rings. The predicted octanol–water partition coefficient (Wildman–Crippen LogP) is 2.53. The van der Waals surface area contributed by atoms with E-state index in [0.29, 0.717) is 5.75 Å². The zero-order valence-electron chi connectivity index (χ0n) is 12.0. The second kappa shape index (κ2) is 9.75. The number of halogens is 1. The van der Waals surface area contributed by atoms with Gasteiger partial charge in [0.15, 0.2) is 0 Å². The van der Waals surface area contributed by atoms with Gasteiger partial charge in [0, 0.05) is 13.1 Å². The van der Waals surface area contributed by atoms with Gasteiger partial charge in [-0.15, -0.1) is 0 Å². The third-order valence-electron chi connectivity index (χ3n) is 3.10. The largest absolute Gasteiger partial charge is 0.497 e. The summed E-state index contributed by atoms with van der Waals surface area (Å²) in [7, 11) is 1.55. The van der Waals surface area contributed by atoms with Crippen molar-refractivity contribution in [3.05, 3.63) is 30.1 Å². The van der Waals surface area contributed by atoms with Gasteiger partial charge in [-0.3, -0.25) is 0 Å². The van der Waals surface area contributed by atoms with Crippen molar-refractivity contribution < 1.29 is 9.13 Å². The maximum Gasteiger partial charge on any atom is 0.123 e. The van der Waals surface area contributed by atoms with Gasteiger partial charge in [-0.25, -0.2) is 4.39 Å². The van der Waals surface area contributed by atoms with Crippen molar-refractivity contribution in [2.45, 2.75) is 19.8 Å². The molecule has 0 unspecified atom stereocenters. The molecule has 0 bridgehead atoms. The van der Waals surface area contributed by atoms with Crippen molar-refractivity contribution in [1.82, 2.24) is 10.2 Å². The van der Waals surface area contributed by atoms with Crippen LogP contribution in [0.4, 0.5) is 4.39 Å². The van der Waals surface area contributed by atoms with E-state index in [1.54, 1.807) is 19.2 Å². The molecule has 0 aliphatic carbocycles. The summed E-state index contributed by atoms with van der Waals surface area (Å²) >= 11 is 0. The van der Waals surface area contributed by atoms with Gasteiger partial charge >= 0.3 is 0 Å². The van der Waals surface area contributed by atoms with Crippen molar-refractivity contribution in [2.75, 3.05) is 39.8 Å². The number of nitrogens with zero attached hydrogens (tertiary/aromatic N) is 1. The first-order valence-electron chi connectivity index (χ1n) is 6.99. The fourth-order valence-electron chi connectivity index (χ4n) is 1.99. The summed E-state index contributed by atoms with van der Waals surface area (Å²) in [5, 5.41) is 3.33. The summed E-state index contributed by atoms with van der Waals surface area (Å²) in [6.45, 7) is 8.32. The number of nitrogens with one attached hydrogen (secondary N) is 1. The second-order valence-electron chi connectivity index (χ2n) is 4.56. The van der Waals surface area contributed by atoms with E-state index in [9.17, 15) is 4.39 Å². The Bertz CT molecular complexity index is 323. The van der Waals surface area contributed by atoms with Crippen LogP contribution in [0.3, 0.4) is 0 Å². The van der Waals surface area contributed by atoms with Crippen LogP contribution in [-0.2, 0) is 0 Å². The van der Waals surface area contributed by atoms with Crippen LogP contribution in [-0.4, -0.2) is 44.7 Å². The topological polar surface area (TPSA) is 24.5 Å². The number of hydrogen-bond acceptors (Lipinski definition) is 3. The lowest BCUT2D eigenvalue weighted by Gasteiger charge is -2.13. The normalized spacial score (nSPS) is 14.9. The molecule has 1 aliphatic heterocycles. The Labute approximate surface area is 115 Å². The first-order valence-corrected chi connectivity index (χ1v) is 6.99. The first-order chi connectivity index (χ1) is 9.26. The first kappa shape index (κ1) is 15.9. The molecule has 2 rings (SSSR count). The summed E-state index contributed by atoms with van der Waals surface area (Å²) < 4.78 is 17.0. The molecule has 4 heteroatoms. The quantitative estimate of drug-likeness (QED) is 0.831. The van der Waals surface area contributed by atoms with E-state index in [-0.39, 0.29) is 5.82 Å². The number of methoxy groups -OCH3 is 1. The highest BCUT2D eigenvalue weighted by atomic mass is 19.1. The summed E-state index contributed by atoms with van der Waals surface area (Å²) in [6, 6.07) is 5.88. The molecule has 3 nitrogen and oxygen atoms in total. The lowest BCUT2D eigenvalue weighted by molar-refractivity contribution is 0.337. The van der Waals surface area contributed by atoms with Crippen LogP contribution in [0.1, 0.15) is 19.8 Å². The number of rotatable bonds is 5. The molecular formula is C15H25FN2O.